The highest BCUT2D eigenvalue weighted by Gasteiger charge is 2.23. The minimum Gasteiger partial charge on any atom is -0.458 e. The summed E-state index contributed by atoms with van der Waals surface area (Å²) in [5.41, 5.74) is -0.376. The van der Waals surface area contributed by atoms with Gasteiger partial charge in [-0.1, -0.05) is 192 Å². The van der Waals surface area contributed by atoms with Crippen molar-refractivity contribution < 1.29 is 32.0 Å². The maximum Gasteiger partial charge on any atom is 0.339 e. The van der Waals surface area contributed by atoms with Crippen LogP contribution in [-0.2, 0) is 19.6 Å². The van der Waals surface area contributed by atoms with Crippen molar-refractivity contribution in [2.45, 2.75) is 199 Å². The van der Waals surface area contributed by atoms with Crippen LogP contribution in [0.3, 0.4) is 0 Å². The number of unbranched alkanes of at least 4 members (excludes halogenated alkanes) is 26. The Labute approximate surface area is 318 Å². The van der Waals surface area contributed by atoms with Gasteiger partial charge in [-0.2, -0.15) is 8.42 Å². The first-order valence-electron chi connectivity index (χ1n) is 21.1. The van der Waals surface area contributed by atoms with Crippen LogP contribution in [-0.4, -0.2) is 38.1 Å². The van der Waals surface area contributed by atoms with Crippen molar-refractivity contribution in [1.29, 1.82) is 0 Å². The first-order chi connectivity index (χ1) is 25.3. The summed E-state index contributed by atoms with van der Waals surface area (Å²) >= 11 is 0. The van der Waals surface area contributed by atoms with Gasteiger partial charge in [0, 0.05) is 0 Å². The van der Waals surface area contributed by atoms with Gasteiger partial charge in [0.25, 0.3) is 10.1 Å². The molecule has 0 heterocycles. The summed E-state index contributed by atoms with van der Waals surface area (Å²) in [7, 11) is -4.58. The molecule has 1 aromatic carbocycles. The Morgan fingerprint density at radius 3 is 1.17 bits per heavy atom. The number of hydrogen-bond donors (Lipinski definition) is 1. The van der Waals surface area contributed by atoms with E-state index in [2.05, 4.69) is 13.8 Å². The second-order valence-electron chi connectivity index (χ2n) is 14.4. The van der Waals surface area contributed by atoms with E-state index in [-0.39, 0.29) is 24.3 Å². The maximum atomic E-state index is 12.9. The maximum absolute atomic E-state index is 12.9. The number of carbonyl (C=O) groups is 2. The highest BCUT2D eigenvalue weighted by atomic mass is 32.2. The fourth-order valence-corrected chi connectivity index (χ4v) is 6.87. The summed E-state index contributed by atoms with van der Waals surface area (Å²) in [6.07, 6.45) is 43.2. The van der Waals surface area contributed by atoms with Crippen molar-refractivity contribution in [3.63, 3.8) is 0 Å². The molecule has 0 radical (unpaired) electrons. The first kappa shape index (κ1) is 47.6. The van der Waals surface area contributed by atoms with E-state index < -0.39 is 27.0 Å². The normalized spacial score (nSPS) is 11.9. The molecule has 0 saturated carbocycles. The Kier molecular flexibility index (Phi) is 30.3. The predicted molar refractivity (Wildman–Crippen MR) is 216 cm³/mol. The number of esters is 2. The van der Waals surface area contributed by atoms with E-state index in [1.165, 1.54) is 160 Å². The van der Waals surface area contributed by atoms with Gasteiger partial charge >= 0.3 is 11.9 Å². The van der Waals surface area contributed by atoms with Crippen LogP contribution in [0.1, 0.15) is 214 Å². The van der Waals surface area contributed by atoms with E-state index in [4.69, 9.17) is 9.47 Å². The summed E-state index contributed by atoms with van der Waals surface area (Å²) in [5, 5.41) is 0. The molecule has 0 fully saturated rings. The second kappa shape index (κ2) is 33.1. The van der Waals surface area contributed by atoms with Gasteiger partial charge in [-0.25, -0.2) is 9.59 Å². The Hall–Kier alpha value is -2.45. The standard InChI is InChI=1S/C44H74O7S/c1-3-5-7-9-11-13-15-17-19-21-23-25-27-29-31-33-37-50-43(45)41-36-35-40(52(47,48)49)39-42(41)44(46)51-38-34-32-30-28-26-24-22-20-18-16-14-12-10-8-6-4-2/h31-36,39H,3-30,37-38H2,1-2H3,(H,47,48,49)/b33-31+,34-32+. The van der Waals surface area contributed by atoms with Crippen LogP contribution in [0.5, 0.6) is 0 Å². The highest BCUT2D eigenvalue weighted by Crippen LogP contribution is 2.19. The van der Waals surface area contributed by atoms with Crippen LogP contribution < -0.4 is 0 Å². The molecular formula is C44H74O7S. The number of hydrogen-bond acceptors (Lipinski definition) is 6. The lowest BCUT2D eigenvalue weighted by atomic mass is 10.0. The molecular weight excluding hydrogens is 673 g/mol. The lowest BCUT2D eigenvalue weighted by Gasteiger charge is -2.10. The zero-order valence-corrected chi connectivity index (χ0v) is 33.9. The van der Waals surface area contributed by atoms with Gasteiger partial charge in [0.1, 0.15) is 13.2 Å². The molecule has 0 atom stereocenters. The van der Waals surface area contributed by atoms with Crippen LogP contribution in [0.4, 0.5) is 0 Å². The Balaban J connectivity index is 2.29. The second-order valence-corrected chi connectivity index (χ2v) is 15.8. The monoisotopic (exact) mass is 747 g/mol. The lowest BCUT2D eigenvalue weighted by molar-refractivity contribution is 0.0502. The van der Waals surface area contributed by atoms with E-state index >= 15 is 0 Å². The van der Waals surface area contributed by atoms with Crippen molar-refractivity contribution >= 4 is 22.1 Å². The molecule has 0 aliphatic rings. The Morgan fingerprint density at radius 2 is 0.827 bits per heavy atom. The summed E-state index contributed by atoms with van der Waals surface area (Å²) in [5.74, 6) is -1.63. The molecule has 298 valence electrons. The highest BCUT2D eigenvalue weighted by molar-refractivity contribution is 7.85. The van der Waals surface area contributed by atoms with Gasteiger partial charge in [-0.05, 0) is 43.9 Å². The third kappa shape index (κ3) is 26.3. The van der Waals surface area contributed by atoms with Gasteiger partial charge < -0.3 is 9.47 Å². The minimum atomic E-state index is -4.58. The van der Waals surface area contributed by atoms with Gasteiger partial charge in [-0.15, -0.1) is 0 Å². The molecule has 0 spiro atoms. The molecule has 8 heteroatoms. The third-order valence-corrected chi connectivity index (χ3v) is 10.5. The van der Waals surface area contributed by atoms with E-state index in [0.717, 1.165) is 37.8 Å². The quantitative estimate of drug-likeness (QED) is 0.0319. The van der Waals surface area contributed by atoms with Crippen molar-refractivity contribution in [2.24, 2.45) is 0 Å². The Morgan fingerprint density at radius 1 is 0.500 bits per heavy atom. The predicted octanol–water partition coefficient (Wildman–Crippen LogP) is 13.3. The summed E-state index contributed by atoms with van der Waals surface area (Å²) < 4.78 is 43.6. The molecule has 0 aromatic heterocycles. The number of carbonyl (C=O) groups excluding carboxylic acids is 2. The lowest BCUT2D eigenvalue weighted by Crippen LogP contribution is -2.15. The zero-order chi connectivity index (χ0) is 38.0. The van der Waals surface area contributed by atoms with Crippen molar-refractivity contribution in [3.05, 3.63) is 53.6 Å². The Bertz CT molecular complexity index is 1200. The van der Waals surface area contributed by atoms with Gasteiger partial charge in [0.05, 0.1) is 16.0 Å². The molecule has 1 aromatic rings. The van der Waals surface area contributed by atoms with E-state index in [0.29, 0.717) is 0 Å². The van der Waals surface area contributed by atoms with E-state index in [1.54, 1.807) is 12.2 Å². The third-order valence-electron chi connectivity index (χ3n) is 9.63. The van der Waals surface area contributed by atoms with Crippen LogP contribution in [0.25, 0.3) is 0 Å². The summed E-state index contributed by atoms with van der Waals surface area (Å²) in [6.45, 7) is 4.54. The van der Waals surface area contributed by atoms with Crippen molar-refractivity contribution in [1.82, 2.24) is 0 Å². The fraction of sp³-hybridized carbons (Fsp3) is 0.727. The molecule has 0 saturated heterocycles. The van der Waals surface area contributed by atoms with Gasteiger partial charge in [-0.3, -0.25) is 4.55 Å². The minimum absolute atomic E-state index is 0.0101. The summed E-state index contributed by atoms with van der Waals surface area (Å²) in [6, 6.07) is 3.20. The van der Waals surface area contributed by atoms with E-state index in [1.807, 2.05) is 12.2 Å². The molecule has 1 rings (SSSR count). The number of rotatable bonds is 35. The number of benzene rings is 1. The average Bonchev–Trinajstić information content (AvgIpc) is 3.13. The largest absolute Gasteiger partial charge is 0.458 e. The number of ether oxygens (including phenoxy) is 2. The van der Waals surface area contributed by atoms with Gasteiger partial charge in [0.2, 0.25) is 0 Å². The zero-order valence-electron chi connectivity index (χ0n) is 33.1. The van der Waals surface area contributed by atoms with Crippen LogP contribution in [0.15, 0.2) is 47.4 Å². The van der Waals surface area contributed by atoms with Crippen molar-refractivity contribution in [3.8, 4) is 0 Å². The molecule has 0 bridgehead atoms. The molecule has 0 aliphatic carbocycles. The molecule has 1 N–H and O–H groups in total. The van der Waals surface area contributed by atoms with Crippen molar-refractivity contribution in [2.75, 3.05) is 13.2 Å². The molecule has 0 unspecified atom stereocenters. The fourth-order valence-electron chi connectivity index (χ4n) is 6.37. The van der Waals surface area contributed by atoms with Crippen LogP contribution >= 0.6 is 0 Å². The average molecular weight is 747 g/mol. The number of allylic oxidation sites excluding steroid dienone is 2. The molecule has 52 heavy (non-hydrogen) atoms. The molecule has 0 amide bonds. The SMILES string of the molecule is CCCCCCCCCCCCCCC/C=C/COC(=O)c1ccc(S(=O)(=O)O)cc1C(=O)OC/C=C/CCCCCCCCCCCCCCC. The smallest absolute Gasteiger partial charge is 0.339 e. The summed E-state index contributed by atoms with van der Waals surface area (Å²) in [4.78, 5) is 25.2. The van der Waals surface area contributed by atoms with Crippen LogP contribution in [0.2, 0.25) is 0 Å². The molecule has 0 aliphatic heterocycles. The van der Waals surface area contributed by atoms with Gasteiger partial charge in [0.15, 0.2) is 0 Å². The van der Waals surface area contributed by atoms with Crippen LogP contribution in [0, 0.1) is 0 Å². The van der Waals surface area contributed by atoms with E-state index in [9.17, 15) is 22.6 Å². The molecule has 7 nitrogen and oxygen atoms in total. The topological polar surface area (TPSA) is 107 Å². The first-order valence-corrected chi connectivity index (χ1v) is 22.5.